The third-order valence-electron chi connectivity index (χ3n) is 12.9. The zero-order valence-corrected chi connectivity index (χ0v) is 41.6. The highest BCUT2D eigenvalue weighted by atomic mass is 35.7. The molecule has 3 N–H and O–H groups in total. The minimum Gasteiger partial charge on any atom is -0.493 e. The second-order valence-electron chi connectivity index (χ2n) is 17.0. The lowest BCUT2D eigenvalue weighted by Crippen LogP contribution is -2.57. The SMILES string of the molecule is COc1ccccc1Oc1cccc(S(=O)(=O)Cl)c1.COc1ccccc1Oc1cccc(S(=O)(=O)N2CCC3(CC2)C(=O)NCN3c2ccccc2)c1.O=C1NCN(c2ccccc2)C12CCNCC2. The Hall–Kier alpha value is -6.83. The number of hydrogen-bond donors (Lipinski definition) is 3. The van der Waals surface area contributed by atoms with Gasteiger partial charge in [-0.15, -0.1) is 0 Å². The van der Waals surface area contributed by atoms with E-state index in [4.69, 9.17) is 29.6 Å². The van der Waals surface area contributed by atoms with E-state index in [0.29, 0.717) is 60.7 Å². The van der Waals surface area contributed by atoms with Crippen LogP contribution in [0.3, 0.4) is 0 Å². The van der Waals surface area contributed by atoms with Crippen molar-refractivity contribution in [2.45, 2.75) is 46.6 Å². The van der Waals surface area contributed by atoms with Crippen LogP contribution in [0.1, 0.15) is 25.7 Å². The van der Waals surface area contributed by atoms with E-state index in [0.717, 1.165) is 37.3 Å². The van der Waals surface area contributed by atoms with Crippen molar-refractivity contribution in [2.75, 3.05) is 63.5 Å². The van der Waals surface area contributed by atoms with Gasteiger partial charge in [-0.05, 0) is 112 Å². The minimum atomic E-state index is -3.77. The number of nitrogens with one attached hydrogen (secondary N) is 3. The van der Waals surface area contributed by atoms with Gasteiger partial charge in [0.2, 0.25) is 21.8 Å². The largest absolute Gasteiger partial charge is 0.493 e. The Morgan fingerprint density at radius 3 is 1.37 bits per heavy atom. The van der Waals surface area contributed by atoms with E-state index >= 15 is 0 Å². The molecule has 6 aromatic carbocycles. The molecule has 4 aliphatic heterocycles. The number of amides is 2. The number of benzene rings is 6. The molecular weight excluding hydrogens is 968 g/mol. The van der Waals surface area contributed by atoms with Gasteiger partial charge in [0.05, 0.1) is 37.3 Å². The first-order valence-electron chi connectivity index (χ1n) is 23.0. The van der Waals surface area contributed by atoms with Crippen LogP contribution < -0.4 is 44.7 Å². The molecule has 0 saturated carbocycles. The highest BCUT2D eigenvalue weighted by Crippen LogP contribution is 2.39. The molecule has 16 nitrogen and oxygen atoms in total. The van der Waals surface area contributed by atoms with Crippen LogP contribution in [0.15, 0.2) is 168 Å². The van der Waals surface area contributed by atoms with Gasteiger partial charge >= 0.3 is 0 Å². The molecule has 10 rings (SSSR count). The van der Waals surface area contributed by atoms with Crippen LogP contribution in [0.25, 0.3) is 0 Å². The van der Waals surface area contributed by atoms with Gasteiger partial charge in [0.25, 0.3) is 9.05 Å². The van der Waals surface area contributed by atoms with Crippen LogP contribution in [-0.4, -0.2) is 97.8 Å². The first kappa shape index (κ1) is 50.6. The Kier molecular flexibility index (Phi) is 15.7. The molecule has 19 heteroatoms. The van der Waals surface area contributed by atoms with E-state index in [2.05, 4.69) is 37.9 Å². The van der Waals surface area contributed by atoms with Crippen LogP contribution in [-0.2, 0) is 28.7 Å². The average Bonchev–Trinajstić information content (AvgIpc) is 3.88. The summed E-state index contributed by atoms with van der Waals surface area (Å²) in [7, 11) is 0.826. The number of anilines is 2. The third-order valence-corrected chi connectivity index (χ3v) is 16.2. The fourth-order valence-electron chi connectivity index (χ4n) is 9.20. The second-order valence-corrected chi connectivity index (χ2v) is 21.5. The lowest BCUT2D eigenvalue weighted by atomic mass is 9.86. The topological polar surface area (TPSA) is 185 Å². The van der Waals surface area contributed by atoms with Gasteiger partial charge in [-0.25, -0.2) is 16.8 Å². The summed E-state index contributed by atoms with van der Waals surface area (Å²) in [5.74, 6) is 3.00. The molecule has 71 heavy (non-hydrogen) atoms. The summed E-state index contributed by atoms with van der Waals surface area (Å²) in [5, 5.41) is 9.26. The molecule has 0 aliphatic carbocycles. The maximum absolute atomic E-state index is 13.5. The highest BCUT2D eigenvalue weighted by Gasteiger charge is 2.52. The van der Waals surface area contributed by atoms with E-state index in [-0.39, 0.29) is 40.2 Å². The van der Waals surface area contributed by atoms with Gasteiger partial charge in [0.15, 0.2) is 23.0 Å². The second kappa shape index (κ2) is 22.1. The molecular formula is C52H55ClN6O10S2. The van der Waals surface area contributed by atoms with Crippen molar-refractivity contribution in [2.24, 2.45) is 0 Å². The standard InChI is InChI=1S/C26H27N3O5S.C13H11ClO4S.C13H17N3O/c1-33-23-12-5-6-13-24(23)34-21-10-7-11-22(18-21)35(31,32)28-16-14-26(15-17-28)25(30)27-19-29(26)20-8-3-2-4-9-20;1-17-12-7-2-3-8-13(12)18-10-5-4-6-11(9-10)19(14,15)16;17-12-13(6-8-14-9-7-13)16(10-15-12)11-4-2-1-3-5-11/h2-13,18H,14-17,19H2,1H3,(H,27,30);2-9H,1H3;1-5,14H,6-10H2,(H,15,17). The number of carbonyl (C=O) groups excluding carboxylic acids is 2. The first-order valence-corrected chi connectivity index (χ1v) is 26.7. The normalized spacial score (nSPS) is 17.2. The zero-order chi connectivity index (χ0) is 50.1. The molecule has 0 atom stereocenters. The Bertz CT molecular complexity index is 3030. The Labute approximate surface area is 418 Å². The van der Waals surface area contributed by atoms with Gasteiger partial charge < -0.3 is 44.7 Å². The van der Waals surface area contributed by atoms with Gasteiger partial charge in [-0.1, -0.05) is 72.8 Å². The highest BCUT2D eigenvalue weighted by molar-refractivity contribution is 8.13. The van der Waals surface area contributed by atoms with Crippen molar-refractivity contribution in [1.82, 2.24) is 20.3 Å². The summed E-state index contributed by atoms with van der Waals surface area (Å²) in [4.78, 5) is 29.5. The molecule has 4 heterocycles. The monoisotopic (exact) mass is 1020 g/mol. The summed E-state index contributed by atoms with van der Waals surface area (Å²) in [6.07, 6.45) is 2.58. The summed E-state index contributed by atoms with van der Waals surface area (Å²) in [6.45, 7) is 3.36. The number of ether oxygens (including phenoxy) is 4. The molecule has 4 aliphatic rings. The van der Waals surface area contributed by atoms with Crippen LogP contribution in [0.4, 0.5) is 11.4 Å². The van der Waals surface area contributed by atoms with E-state index in [1.54, 1.807) is 67.8 Å². The summed E-state index contributed by atoms with van der Waals surface area (Å²) in [6, 6.07) is 46.6. The molecule has 0 bridgehead atoms. The molecule has 6 aromatic rings. The predicted molar refractivity (Wildman–Crippen MR) is 271 cm³/mol. The van der Waals surface area contributed by atoms with Crippen LogP contribution in [0.5, 0.6) is 34.5 Å². The molecule has 4 fully saturated rings. The number of hydrogen-bond acceptors (Lipinski definition) is 13. The van der Waals surface area contributed by atoms with Crippen LogP contribution in [0, 0.1) is 0 Å². The lowest BCUT2D eigenvalue weighted by molar-refractivity contribution is -0.125. The molecule has 2 spiro atoms. The molecule has 372 valence electrons. The molecule has 0 unspecified atom stereocenters. The van der Waals surface area contributed by atoms with Crippen molar-refractivity contribution < 1.29 is 45.4 Å². The van der Waals surface area contributed by atoms with E-state index < -0.39 is 24.6 Å². The molecule has 0 radical (unpaired) electrons. The van der Waals surface area contributed by atoms with Crippen molar-refractivity contribution in [3.8, 4) is 34.5 Å². The number of methoxy groups -OCH3 is 2. The molecule has 0 aromatic heterocycles. The summed E-state index contributed by atoms with van der Waals surface area (Å²) >= 11 is 0. The first-order chi connectivity index (χ1) is 34.3. The fraction of sp³-hybridized carbons (Fsp3) is 0.269. The summed E-state index contributed by atoms with van der Waals surface area (Å²) < 4.78 is 72.9. The predicted octanol–water partition coefficient (Wildman–Crippen LogP) is 7.72. The fourth-order valence-corrected chi connectivity index (χ4v) is 11.5. The number of rotatable bonds is 11. The number of para-hydroxylation sites is 6. The number of sulfonamides is 1. The summed E-state index contributed by atoms with van der Waals surface area (Å²) in [5.41, 5.74) is 1.01. The van der Waals surface area contributed by atoms with Crippen LogP contribution in [0.2, 0.25) is 0 Å². The maximum Gasteiger partial charge on any atom is 0.261 e. The Morgan fingerprint density at radius 1 is 0.507 bits per heavy atom. The average molecular weight is 1020 g/mol. The van der Waals surface area contributed by atoms with E-state index in [1.807, 2.05) is 66.7 Å². The number of piperidine rings is 2. The zero-order valence-electron chi connectivity index (χ0n) is 39.2. The number of nitrogens with zero attached hydrogens (tertiary/aromatic N) is 3. The molecule has 4 saturated heterocycles. The maximum atomic E-state index is 13.5. The van der Waals surface area contributed by atoms with Crippen molar-refractivity contribution >= 4 is 52.9 Å². The third kappa shape index (κ3) is 11.2. The Balaban J connectivity index is 0.000000158. The van der Waals surface area contributed by atoms with Crippen molar-refractivity contribution in [3.63, 3.8) is 0 Å². The van der Waals surface area contributed by atoms with E-state index in [9.17, 15) is 26.4 Å². The van der Waals surface area contributed by atoms with E-state index in [1.165, 1.54) is 29.6 Å². The van der Waals surface area contributed by atoms with Crippen LogP contribution >= 0.6 is 10.7 Å². The van der Waals surface area contributed by atoms with Crippen molar-refractivity contribution in [3.05, 3.63) is 158 Å². The van der Waals surface area contributed by atoms with Gasteiger partial charge in [-0.2, -0.15) is 4.31 Å². The van der Waals surface area contributed by atoms with Gasteiger partial charge in [0, 0.05) is 47.3 Å². The molecule has 2 amide bonds. The minimum absolute atomic E-state index is 0.0124. The smallest absolute Gasteiger partial charge is 0.261 e. The van der Waals surface area contributed by atoms with Gasteiger partial charge in [0.1, 0.15) is 22.6 Å². The lowest BCUT2D eigenvalue weighted by Gasteiger charge is -2.42. The van der Waals surface area contributed by atoms with Crippen molar-refractivity contribution in [1.29, 1.82) is 0 Å². The number of halogens is 1. The quantitative estimate of drug-likeness (QED) is 0.107. The number of carbonyl (C=O) groups is 2. The van der Waals surface area contributed by atoms with Gasteiger partial charge in [-0.3, -0.25) is 9.59 Å². The Morgan fingerprint density at radius 2 is 0.915 bits per heavy atom.